The van der Waals surface area contributed by atoms with Crippen LogP contribution in [-0.4, -0.2) is 10.8 Å². The predicted octanol–water partition coefficient (Wildman–Crippen LogP) is 8.21. The number of fused-ring (bicyclic) bond motifs is 2. The van der Waals surface area contributed by atoms with Crippen molar-refractivity contribution in [1.29, 1.82) is 0 Å². The maximum absolute atomic E-state index is 13.3. The third kappa shape index (κ3) is 4.33. The SMILES string of the molecule is C=C/C(=C\C=C\Cc1ccc(N2C(=C)C3C(C=C)CC(C)C3C2=O)cc1)N1C(=C)C2C(C)CC(C=C)C2C1=C. The van der Waals surface area contributed by atoms with Crippen LogP contribution in [0.25, 0.3) is 0 Å². The second-order valence-electron chi connectivity index (χ2n) is 11.9. The molecule has 8 atom stereocenters. The number of carbonyl (C=O) groups is 1. The van der Waals surface area contributed by atoms with Crippen LogP contribution >= 0.6 is 0 Å². The van der Waals surface area contributed by atoms with Crippen LogP contribution in [0.2, 0.25) is 0 Å². The first-order chi connectivity index (χ1) is 18.7. The monoisotopic (exact) mass is 518 g/mol. The van der Waals surface area contributed by atoms with E-state index in [1.54, 1.807) is 0 Å². The molecular formula is C36H42N2O. The maximum Gasteiger partial charge on any atom is 0.235 e. The molecule has 4 aliphatic rings. The van der Waals surface area contributed by atoms with Crippen LogP contribution in [0.1, 0.15) is 32.3 Å². The smallest absolute Gasteiger partial charge is 0.235 e. The van der Waals surface area contributed by atoms with Crippen LogP contribution < -0.4 is 4.90 Å². The summed E-state index contributed by atoms with van der Waals surface area (Å²) in [6.45, 7) is 29.9. The predicted molar refractivity (Wildman–Crippen MR) is 163 cm³/mol. The van der Waals surface area contributed by atoms with Crippen molar-refractivity contribution in [2.45, 2.75) is 33.1 Å². The lowest BCUT2D eigenvalue weighted by Gasteiger charge is -2.26. The molecule has 3 heteroatoms. The molecule has 3 nitrogen and oxygen atoms in total. The second kappa shape index (κ2) is 10.5. The van der Waals surface area contributed by atoms with E-state index < -0.39 is 0 Å². The van der Waals surface area contributed by atoms with Gasteiger partial charge in [0.15, 0.2) is 0 Å². The van der Waals surface area contributed by atoms with Crippen LogP contribution in [0, 0.1) is 47.3 Å². The van der Waals surface area contributed by atoms with Crippen molar-refractivity contribution in [2.24, 2.45) is 47.3 Å². The van der Waals surface area contributed by atoms with E-state index in [0.29, 0.717) is 35.5 Å². The minimum Gasteiger partial charge on any atom is -0.319 e. The molecule has 0 aromatic heterocycles. The second-order valence-corrected chi connectivity index (χ2v) is 11.9. The van der Waals surface area contributed by atoms with Crippen LogP contribution in [0.5, 0.6) is 0 Å². The number of carbonyl (C=O) groups excluding carboxylic acids is 1. The number of nitrogens with zero attached hydrogens (tertiary/aromatic N) is 2. The highest BCUT2D eigenvalue weighted by molar-refractivity contribution is 6.02. The topological polar surface area (TPSA) is 23.6 Å². The molecule has 4 fully saturated rings. The van der Waals surface area contributed by atoms with E-state index in [2.05, 4.69) is 94.7 Å². The molecule has 2 heterocycles. The van der Waals surface area contributed by atoms with Gasteiger partial charge in [-0.3, -0.25) is 9.69 Å². The fourth-order valence-electron chi connectivity index (χ4n) is 7.95. The molecular weight excluding hydrogens is 476 g/mol. The zero-order valence-electron chi connectivity index (χ0n) is 23.6. The summed E-state index contributed by atoms with van der Waals surface area (Å²) in [6.07, 6.45) is 15.3. The molecule has 1 aromatic rings. The van der Waals surface area contributed by atoms with E-state index in [9.17, 15) is 4.79 Å². The van der Waals surface area contributed by atoms with Gasteiger partial charge in [0.2, 0.25) is 5.91 Å². The Morgan fingerprint density at radius 2 is 1.41 bits per heavy atom. The molecule has 5 rings (SSSR count). The Morgan fingerprint density at radius 1 is 0.846 bits per heavy atom. The van der Waals surface area contributed by atoms with Gasteiger partial charge in [0.05, 0.1) is 5.92 Å². The molecule has 2 saturated heterocycles. The van der Waals surface area contributed by atoms with Crippen LogP contribution in [0.3, 0.4) is 0 Å². The van der Waals surface area contributed by atoms with Crippen molar-refractivity contribution in [3.63, 3.8) is 0 Å². The summed E-state index contributed by atoms with van der Waals surface area (Å²) in [7, 11) is 0. The van der Waals surface area contributed by atoms with Crippen LogP contribution in [0.4, 0.5) is 5.69 Å². The Balaban J connectivity index is 1.25. The molecule has 1 aromatic carbocycles. The van der Waals surface area contributed by atoms with Crippen molar-refractivity contribution in [1.82, 2.24) is 4.90 Å². The fraction of sp³-hybridized carbons (Fsp3) is 0.361. The third-order valence-corrected chi connectivity index (χ3v) is 9.76. The first-order valence-corrected chi connectivity index (χ1v) is 14.3. The van der Waals surface area contributed by atoms with Crippen LogP contribution in [0.15, 0.2) is 123 Å². The standard InChI is InChI=1S/C36H42N2O/c1-9-28-20-22(4)32-24(6)37(25(7)34(28)32)30(11-3)15-13-12-14-27-16-18-31(19-17-27)38-26(8)35-29(10-2)21-23(5)33(35)36(38)39/h9-13,15-19,22-23,28-29,32-35H,1-3,6-8,14,20-21H2,4-5H3/b13-12+,30-15+. The van der Waals surface area contributed by atoms with Gasteiger partial charge in [0.1, 0.15) is 0 Å². The van der Waals surface area contributed by atoms with Crippen molar-refractivity contribution < 1.29 is 4.79 Å². The van der Waals surface area contributed by atoms with E-state index in [-0.39, 0.29) is 17.7 Å². The van der Waals surface area contributed by atoms with Crippen molar-refractivity contribution in [3.05, 3.63) is 129 Å². The molecule has 0 bridgehead atoms. The number of rotatable bonds is 8. The number of anilines is 1. The lowest BCUT2D eigenvalue weighted by Crippen LogP contribution is -2.28. The van der Waals surface area contributed by atoms with Crippen molar-refractivity contribution in [2.75, 3.05) is 4.90 Å². The summed E-state index contributed by atoms with van der Waals surface area (Å²) in [5, 5.41) is 0. The average Bonchev–Trinajstić information content (AvgIpc) is 3.61. The number of likely N-dealkylation sites (tertiary alicyclic amines) is 1. The summed E-state index contributed by atoms with van der Waals surface area (Å²) in [4.78, 5) is 17.3. The molecule has 2 aliphatic heterocycles. The molecule has 0 spiro atoms. The van der Waals surface area contributed by atoms with E-state index in [0.717, 1.165) is 47.7 Å². The summed E-state index contributed by atoms with van der Waals surface area (Å²) < 4.78 is 0. The Hall–Kier alpha value is -3.59. The molecule has 1 amide bonds. The maximum atomic E-state index is 13.3. The van der Waals surface area contributed by atoms with E-state index in [1.165, 1.54) is 5.56 Å². The van der Waals surface area contributed by atoms with Gasteiger partial charge in [0.25, 0.3) is 0 Å². The minimum absolute atomic E-state index is 0.0159. The molecule has 8 unspecified atom stereocenters. The molecule has 0 radical (unpaired) electrons. The minimum atomic E-state index is 0.0159. The summed E-state index contributed by atoms with van der Waals surface area (Å²) >= 11 is 0. The fourth-order valence-corrected chi connectivity index (χ4v) is 7.95. The van der Waals surface area contributed by atoms with Gasteiger partial charge in [-0.25, -0.2) is 0 Å². The highest BCUT2D eigenvalue weighted by atomic mass is 16.2. The summed E-state index contributed by atoms with van der Waals surface area (Å²) in [5.74, 6) is 2.85. The first kappa shape index (κ1) is 27.0. The molecule has 0 N–H and O–H groups in total. The lowest BCUT2D eigenvalue weighted by atomic mass is 9.88. The number of hydrogen-bond acceptors (Lipinski definition) is 2. The number of benzene rings is 1. The van der Waals surface area contributed by atoms with Crippen molar-refractivity contribution in [3.8, 4) is 0 Å². The Kier molecular flexibility index (Phi) is 7.29. The van der Waals surface area contributed by atoms with Gasteiger partial charge >= 0.3 is 0 Å². The largest absolute Gasteiger partial charge is 0.319 e. The molecule has 39 heavy (non-hydrogen) atoms. The van der Waals surface area contributed by atoms with E-state index in [1.807, 2.05) is 29.2 Å². The van der Waals surface area contributed by atoms with Gasteiger partial charge in [-0.1, -0.05) is 76.6 Å². The van der Waals surface area contributed by atoms with E-state index in [4.69, 9.17) is 0 Å². The number of amides is 1. The Morgan fingerprint density at radius 3 is 2.00 bits per heavy atom. The third-order valence-electron chi connectivity index (χ3n) is 9.76. The molecule has 2 saturated carbocycles. The lowest BCUT2D eigenvalue weighted by molar-refractivity contribution is -0.121. The molecule has 2 aliphatic carbocycles. The van der Waals surface area contributed by atoms with Gasteiger partial charge in [-0.15, -0.1) is 13.2 Å². The highest BCUT2D eigenvalue weighted by Crippen LogP contribution is 2.56. The first-order valence-electron chi connectivity index (χ1n) is 14.3. The normalized spacial score (nSPS) is 34.3. The Bertz CT molecular complexity index is 1290. The van der Waals surface area contributed by atoms with Crippen LogP contribution in [-0.2, 0) is 11.2 Å². The average molecular weight is 519 g/mol. The zero-order valence-corrected chi connectivity index (χ0v) is 23.6. The quantitative estimate of drug-likeness (QED) is 0.256. The highest BCUT2D eigenvalue weighted by Gasteiger charge is 2.54. The number of allylic oxidation sites excluding steroid dienone is 9. The zero-order chi connectivity index (χ0) is 28.0. The summed E-state index contributed by atoms with van der Waals surface area (Å²) in [6, 6.07) is 8.28. The molecule has 202 valence electrons. The summed E-state index contributed by atoms with van der Waals surface area (Å²) in [5.41, 5.74) is 6.23. The Labute approximate surface area is 235 Å². The van der Waals surface area contributed by atoms with Gasteiger partial charge in [-0.05, 0) is 72.8 Å². The van der Waals surface area contributed by atoms with Gasteiger partial charge < -0.3 is 4.90 Å². The van der Waals surface area contributed by atoms with Gasteiger partial charge in [0, 0.05) is 46.2 Å². The van der Waals surface area contributed by atoms with Gasteiger partial charge in [-0.2, -0.15) is 0 Å². The number of hydrogen-bond donors (Lipinski definition) is 0. The van der Waals surface area contributed by atoms with E-state index >= 15 is 0 Å². The van der Waals surface area contributed by atoms with Crippen molar-refractivity contribution >= 4 is 11.6 Å².